The molecule has 0 fully saturated rings. The molecule has 0 radical (unpaired) electrons. The van der Waals surface area contributed by atoms with E-state index in [0.29, 0.717) is 19.6 Å². The Labute approximate surface area is 182 Å². The fraction of sp³-hybridized carbons (Fsp3) is 0.381. The lowest BCUT2D eigenvalue weighted by atomic mass is 10.1. The van der Waals surface area contributed by atoms with E-state index >= 15 is 0 Å². The summed E-state index contributed by atoms with van der Waals surface area (Å²) in [5.41, 5.74) is 2.44. The van der Waals surface area contributed by atoms with Crippen LogP contribution in [0.4, 0.5) is 10.1 Å². The van der Waals surface area contributed by atoms with Crippen molar-refractivity contribution >= 4 is 33.2 Å². The van der Waals surface area contributed by atoms with Crippen LogP contribution < -0.4 is 14.4 Å². The first-order valence-corrected chi connectivity index (χ1v) is 11.7. The molecule has 0 atom stereocenters. The van der Waals surface area contributed by atoms with Crippen molar-refractivity contribution in [2.45, 2.75) is 26.7 Å². The van der Waals surface area contributed by atoms with Gasteiger partial charge in [-0.1, -0.05) is 29.3 Å². The summed E-state index contributed by atoms with van der Waals surface area (Å²) in [7, 11) is -3.60. The molecule has 2 aromatic rings. The highest BCUT2D eigenvalue weighted by atomic mass is 35.5. The number of amides is 1. The van der Waals surface area contributed by atoms with E-state index in [-0.39, 0.29) is 29.6 Å². The van der Waals surface area contributed by atoms with Gasteiger partial charge in [-0.3, -0.25) is 9.10 Å². The molecule has 0 bridgehead atoms. The Morgan fingerprint density at radius 1 is 1.20 bits per heavy atom. The summed E-state index contributed by atoms with van der Waals surface area (Å²) in [6.07, 6.45) is 1.49. The third-order valence-electron chi connectivity index (χ3n) is 4.37. The van der Waals surface area contributed by atoms with Gasteiger partial charge in [-0.2, -0.15) is 0 Å². The van der Waals surface area contributed by atoms with Gasteiger partial charge in [0.25, 0.3) is 0 Å². The van der Waals surface area contributed by atoms with Gasteiger partial charge in [-0.05, 0) is 50.1 Å². The molecule has 0 heterocycles. The average Bonchev–Trinajstić information content (AvgIpc) is 2.65. The van der Waals surface area contributed by atoms with Crippen molar-refractivity contribution in [1.29, 1.82) is 0 Å². The largest absolute Gasteiger partial charge is 0.491 e. The van der Waals surface area contributed by atoms with Crippen LogP contribution in [-0.4, -0.2) is 40.3 Å². The highest BCUT2D eigenvalue weighted by Gasteiger charge is 2.18. The zero-order chi connectivity index (χ0) is 22.3. The second kappa shape index (κ2) is 10.6. The van der Waals surface area contributed by atoms with Crippen LogP contribution >= 0.6 is 11.6 Å². The number of nitrogens with zero attached hydrogens (tertiary/aromatic N) is 1. The summed E-state index contributed by atoms with van der Waals surface area (Å²) in [4.78, 5) is 12.0. The van der Waals surface area contributed by atoms with Crippen molar-refractivity contribution < 1.29 is 22.3 Å². The summed E-state index contributed by atoms with van der Waals surface area (Å²) in [5, 5.41) is 2.59. The number of halogens is 2. The second-order valence-corrected chi connectivity index (χ2v) is 9.32. The predicted molar refractivity (Wildman–Crippen MR) is 117 cm³/mol. The number of carbonyl (C=O) groups excluding carboxylic acids is 1. The minimum Gasteiger partial charge on any atom is -0.491 e. The number of hydrogen-bond acceptors (Lipinski definition) is 4. The van der Waals surface area contributed by atoms with Gasteiger partial charge in [-0.25, -0.2) is 12.8 Å². The maximum absolute atomic E-state index is 13.3. The SMILES string of the molecule is Cc1ccc(OCCNC(=O)CCCN(c2ccc(F)c(Cl)c2)S(C)(=O)=O)c(C)c1. The average molecular weight is 457 g/mol. The number of benzene rings is 2. The van der Waals surface area contributed by atoms with Crippen LogP contribution in [0.15, 0.2) is 36.4 Å². The van der Waals surface area contributed by atoms with Crippen LogP contribution in [0.2, 0.25) is 5.02 Å². The van der Waals surface area contributed by atoms with Crippen LogP contribution in [-0.2, 0) is 14.8 Å². The molecule has 2 rings (SSSR count). The summed E-state index contributed by atoms with van der Waals surface area (Å²) in [6, 6.07) is 9.58. The minimum atomic E-state index is -3.60. The van der Waals surface area contributed by atoms with Crippen LogP contribution in [0.1, 0.15) is 24.0 Å². The Kier molecular flexibility index (Phi) is 8.49. The first-order chi connectivity index (χ1) is 14.1. The van der Waals surface area contributed by atoms with Crippen molar-refractivity contribution in [2.75, 3.05) is 30.3 Å². The first kappa shape index (κ1) is 24.0. The lowest BCUT2D eigenvalue weighted by Crippen LogP contribution is -2.33. The maximum atomic E-state index is 13.3. The number of anilines is 1. The quantitative estimate of drug-likeness (QED) is 0.551. The molecule has 6 nitrogen and oxygen atoms in total. The zero-order valence-electron chi connectivity index (χ0n) is 17.2. The minimum absolute atomic E-state index is 0.0767. The maximum Gasteiger partial charge on any atom is 0.232 e. The lowest BCUT2D eigenvalue weighted by molar-refractivity contribution is -0.121. The van der Waals surface area contributed by atoms with E-state index in [2.05, 4.69) is 5.32 Å². The van der Waals surface area contributed by atoms with Gasteiger partial charge in [0.15, 0.2) is 0 Å². The fourth-order valence-corrected chi connectivity index (χ4v) is 4.04. The van der Waals surface area contributed by atoms with Crippen LogP contribution in [0, 0.1) is 19.7 Å². The van der Waals surface area contributed by atoms with Gasteiger partial charge < -0.3 is 10.1 Å². The van der Waals surface area contributed by atoms with Crippen molar-refractivity contribution in [3.8, 4) is 5.75 Å². The molecule has 2 aromatic carbocycles. The van der Waals surface area contributed by atoms with E-state index in [4.69, 9.17) is 16.3 Å². The Hall–Kier alpha value is -2.32. The fourth-order valence-electron chi connectivity index (χ4n) is 2.91. The summed E-state index contributed by atoms with van der Waals surface area (Å²) < 4.78 is 44.3. The molecule has 1 N–H and O–H groups in total. The van der Waals surface area contributed by atoms with Crippen LogP contribution in [0.5, 0.6) is 5.75 Å². The standard InChI is InChI=1S/C21H26ClFN2O4S/c1-15-6-9-20(16(2)13-15)29-12-10-24-21(26)5-4-11-25(30(3,27)28)17-7-8-19(23)18(22)14-17/h6-9,13-14H,4-5,10-12H2,1-3H3,(H,24,26). The molecule has 0 aromatic heterocycles. The molecule has 1 amide bonds. The Balaban J connectivity index is 1.79. The van der Waals surface area contributed by atoms with Crippen molar-refractivity contribution in [3.05, 3.63) is 58.4 Å². The van der Waals surface area contributed by atoms with Crippen LogP contribution in [0.25, 0.3) is 0 Å². The van der Waals surface area contributed by atoms with Crippen LogP contribution in [0.3, 0.4) is 0 Å². The molecule has 0 saturated heterocycles. The number of aryl methyl sites for hydroxylation is 2. The lowest BCUT2D eigenvalue weighted by Gasteiger charge is -2.22. The summed E-state index contributed by atoms with van der Waals surface area (Å²) >= 11 is 5.75. The molecule has 0 aliphatic rings. The monoisotopic (exact) mass is 456 g/mol. The van der Waals surface area contributed by atoms with Gasteiger partial charge in [0.05, 0.1) is 23.5 Å². The topological polar surface area (TPSA) is 75.7 Å². The van der Waals surface area contributed by atoms with Crippen molar-refractivity contribution in [1.82, 2.24) is 5.32 Å². The zero-order valence-corrected chi connectivity index (χ0v) is 18.8. The summed E-state index contributed by atoms with van der Waals surface area (Å²) in [6.45, 7) is 4.72. The number of sulfonamides is 1. The van der Waals surface area contributed by atoms with Gasteiger partial charge in [0, 0.05) is 13.0 Å². The third kappa shape index (κ3) is 7.18. The molecule has 0 aliphatic carbocycles. The van der Waals surface area contributed by atoms with E-state index in [1.54, 1.807) is 0 Å². The number of ether oxygens (including phenoxy) is 1. The number of hydrogen-bond donors (Lipinski definition) is 1. The molecule has 9 heteroatoms. The molecule has 164 valence electrons. The number of nitrogens with one attached hydrogen (secondary N) is 1. The van der Waals surface area contributed by atoms with E-state index in [1.807, 2.05) is 32.0 Å². The van der Waals surface area contributed by atoms with Crippen molar-refractivity contribution in [2.24, 2.45) is 0 Å². The first-order valence-electron chi connectivity index (χ1n) is 9.47. The highest BCUT2D eigenvalue weighted by Crippen LogP contribution is 2.24. The number of carbonyl (C=O) groups is 1. The Morgan fingerprint density at radius 2 is 1.93 bits per heavy atom. The normalized spacial score (nSPS) is 11.2. The molecular weight excluding hydrogens is 431 g/mol. The second-order valence-electron chi connectivity index (χ2n) is 7.00. The summed E-state index contributed by atoms with van der Waals surface area (Å²) in [5.74, 6) is -0.0577. The van der Waals surface area contributed by atoms with Crippen molar-refractivity contribution in [3.63, 3.8) is 0 Å². The van der Waals surface area contributed by atoms with Gasteiger partial charge in [0.1, 0.15) is 18.2 Å². The molecular formula is C21H26ClFN2O4S. The van der Waals surface area contributed by atoms with E-state index in [0.717, 1.165) is 33.5 Å². The van der Waals surface area contributed by atoms with E-state index in [1.165, 1.54) is 12.1 Å². The van der Waals surface area contributed by atoms with Gasteiger partial charge in [0.2, 0.25) is 15.9 Å². The smallest absolute Gasteiger partial charge is 0.232 e. The molecule has 0 saturated carbocycles. The van der Waals surface area contributed by atoms with Gasteiger partial charge >= 0.3 is 0 Å². The Bertz CT molecular complexity index is 998. The molecule has 0 unspecified atom stereocenters. The molecule has 0 aliphatic heterocycles. The predicted octanol–water partition coefficient (Wildman–Crippen LogP) is 3.84. The highest BCUT2D eigenvalue weighted by molar-refractivity contribution is 7.92. The third-order valence-corrected chi connectivity index (χ3v) is 5.85. The van der Waals surface area contributed by atoms with E-state index < -0.39 is 15.8 Å². The molecule has 0 spiro atoms. The van der Waals surface area contributed by atoms with E-state index in [9.17, 15) is 17.6 Å². The molecule has 30 heavy (non-hydrogen) atoms. The number of rotatable bonds is 10. The van der Waals surface area contributed by atoms with Gasteiger partial charge in [-0.15, -0.1) is 0 Å². The Morgan fingerprint density at radius 3 is 2.57 bits per heavy atom.